The summed E-state index contributed by atoms with van der Waals surface area (Å²) < 4.78 is 7.41. The van der Waals surface area contributed by atoms with Crippen molar-refractivity contribution in [2.24, 2.45) is 5.10 Å². The van der Waals surface area contributed by atoms with Gasteiger partial charge in [0.2, 0.25) is 6.23 Å². The van der Waals surface area contributed by atoms with Crippen LogP contribution >= 0.6 is 27.5 Å². The van der Waals surface area contributed by atoms with Gasteiger partial charge in [-0.25, -0.2) is 5.01 Å². The molecule has 0 saturated carbocycles. The standard InChI is InChI=1S/C22H16BrClN2O/c23-16-10-8-14(9-11-16)19-13-20-18-6-1-2-7-21(18)27-22(26(20)25-19)15-4-3-5-17(24)12-15/h1-12,20,22H,13H2. The van der Waals surface area contributed by atoms with Gasteiger partial charge in [-0.15, -0.1) is 0 Å². The topological polar surface area (TPSA) is 24.8 Å². The van der Waals surface area contributed by atoms with Crippen molar-refractivity contribution in [2.45, 2.75) is 18.7 Å². The van der Waals surface area contributed by atoms with E-state index in [-0.39, 0.29) is 12.3 Å². The van der Waals surface area contributed by atoms with Gasteiger partial charge in [-0.2, -0.15) is 5.10 Å². The number of rotatable bonds is 2. The monoisotopic (exact) mass is 438 g/mol. The van der Waals surface area contributed by atoms with E-state index >= 15 is 0 Å². The molecular weight excluding hydrogens is 424 g/mol. The molecule has 5 heteroatoms. The summed E-state index contributed by atoms with van der Waals surface area (Å²) in [5.41, 5.74) is 4.38. The van der Waals surface area contributed by atoms with Crippen molar-refractivity contribution in [2.75, 3.05) is 0 Å². The van der Waals surface area contributed by atoms with Crippen molar-refractivity contribution in [1.82, 2.24) is 5.01 Å². The fourth-order valence-corrected chi connectivity index (χ4v) is 4.19. The molecule has 3 aromatic carbocycles. The largest absolute Gasteiger partial charge is 0.464 e. The van der Waals surface area contributed by atoms with Crippen LogP contribution < -0.4 is 4.74 Å². The molecule has 0 saturated heterocycles. The summed E-state index contributed by atoms with van der Waals surface area (Å²) in [5, 5.41) is 7.73. The van der Waals surface area contributed by atoms with Gasteiger partial charge in [-0.1, -0.05) is 70.0 Å². The first-order valence-electron chi connectivity index (χ1n) is 8.82. The molecule has 2 aliphatic rings. The third-order valence-electron chi connectivity index (χ3n) is 5.01. The van der Waals surface area contributed by atoms with Gasteiger partial charge in [-0.05, 0) is 35.9 Å². The number of hydrogen-bond acceptors (Lipinski definition) is 3. The molecule has 0 aromatic heterocycles. The van der Waals surface area contributed by atoms with Gasteiger partial charge < -0.3 is 4.74 Å². The van der Waals surface area contributed by atoms with E-state index in [0.29, 0.717) is 5.02 Å². The van der Waals surface area contributed by atoms with Gasteiger partial charge >= 0.3 is 0 Å². The van der Waals surface area contributed by atoms with Crippen LogP contribution in [-0.2, 0) is 0 Å². The molecule has 0 bridgehead atoms. The van der Waals surface area contributed by atoms with Gasteiger partial charge in [0.15, 0.2) is 0 Å². The molecule has 0 fully saturated rings. The quantitative estimate of drug-likeness (QED) is 0.465. The fraction of sp³-hybridized carbons (Fsp3) is 0.136. The zero-order valence-corrected chi connectivity index (χ0v) is 16.7. The minimum atomic E-state index is -0.295. The molecule has 27 heavy (non-hydrogen) atoms. The van der Waals surface area contributed by atoms with E-state index in [4.69, 9.17) is 21.4 Å². The third kappa shape index (κ3) is 3.03. The van der Waals surface area contributed by atoms with Crippen LogP contribution in [0.1, 0.15) is 35.4 Å². The van der Waals surface area contributed by atoms with Crippen LogP contribution in [0.25, 0.3) is 0 Å². The Morgan fingerprint density at radius 2 is 1.81 bits per heavy atom. The Morgan fingerprint density at radius 3 is 2.63 bits per heavy atom. The molecule has 0 aliphatic carbocycles. The highest BCUT2D eigenvalue weighted by Gasteiger charge is 2.40. The summed E-state index contributed by atoms with van der Waals surface area (Å²) >= 11 is 9.73. The molecule has 2 heterocycles. The summed E-state index contributed by atoms with van der Waals surface area (Å²) in [7, 11) is 0. The number of fused-ring (bicyclic) bond motifs is 3. The van der Waals surface area contributed by atoms with Crippen molar-refractivity contribution < 1.29 is 4.74 Å². The van der Waals surface area contributed by atoms with E-state index in [2.05, 4.69) is 45.2 Å². The third-order valence-corrected chi connectivity index (χ3v) is 5.77. The Hall–Kier alpha value is -2.30. The maximum Gasteiger partial charge on any atom is 0.213 e. The molecule has 2 atom stereocenters. The number of benzene rings is 3. The van der Waals surface area contributed by atoms with E-state index in [0.717, 1.165) is 33.5 Å². The summed E-state index contributed by atoms with van der Waals surface area (Å²) in [6, 6.07) is 24.5. The average Bonchev–Trinajstić information content (AvgIpc) is 3.13. The number of para-hydroxylation sites is 1. The van der Waals surface area contributed by atoms with Crippen LogP contribution in [0.5, 0.6) is 5.75 Å². The van der Waals surface area contributed by atoms with Gasteiger partial charge in [0.25, 0.3) is 0 Å². The summed E-state index contributed by atoms with van der Waals surface area (Å²) in [6.07, 6.45) is 0.551. The lowest BCUT2D eigenvalue weighted by molar-refractivity contribution is -0.0190. The number of ether oxygens (including phenoxy) is 1. The summed E-state index contributed by atoms with van der Waals surface area (Å²) in [6.45, 7) is 0. The SMILES string of the molecule is Clc1cccc(C2Oc3ccccc3C3CC(c4ccc(Br)cc4)=NN32)c1. The Labute approximate surface area is 171 Å². The van der Waals surface area contributed by atoms with E-state index < -0.39 is 0 Å². The first-order chi connectivity index (χ1) is 13.2. The van der Waals surface area contributed by atoms with Gasteiger partial charge in [0.05, 0.1) is 11.8 Å². The van der Waals surface area contributed by atoms with Crippen molar-refractivity contribution >= 4 is 33.2 Å². The maximum atomic E-state index is 6.34. The molecule has 134 valence electrons. The first kappa shape index (κ1) is 16.8. The molecule has 0 N–H and O–H groups in total. The van der Waals surface area contributed by atoms with Gasteiger partial charge in [0, 0.05) is 27.0 Å². The van der Waals surface area contributed by atoms with Crippen molar-refractivity contribution in [3.63, 3.8) is 0 Å². The molecule has 0 amide bonds. The smallest absolute Gasteiger partial charge is 0.213 e. The van der Waals surface area contributed by atoms with E-state index in [1.54, 1.807) is 0 Å². The van der Waals surface area contributed by atoms with E-state index in [1.807, 2.05) is 48.5 Å². The van der Waals surface area contributed by atoms with Crippen LogP contribution in [-0.4, -0.2) is 10.7 Å². The summed E-state index contributed by atoms with van der Waals surface area (Å²) in [4.78, 5) is 0. The molecule has 2 aliphatic heterocycles. The predicted molar refractivity (Wildman–Crippen MR) is 111 cm³/mol. The average molecular weight is 440 g/mol. The summed E-state index contributed by atoms with van der Waals surface area (Å²) in [5.74, 6) is 0.913. The molecule has 3 nitrogen and oxygen atoms in total. The molecule has 2 unspecified atom stereocenters. The zero-order valence-electron chi connectivity index (χ0n) is 14.3. The lowest BCUT2D eigenvalue weighted by Crippen LogP contribution is -2.33. The molecule has 0 radical (unpaired) electrons. The maximum absolute atomic E-state index is 6.34. The second-order valence-corrected chi connectivity index (χ2v) is 8.07. The number of hydrazone groups is 1. The first-order valence-corrected chi connectivity index (χ1v) is 9.99. The highest BCUT2D eigenvalue weighted by atomic mass is 79.9. The second kappa shape index (κ2) is 6.70. The van der Waals surface area contributed by atoms with Crippen LogP contribution in [0.4, 0.5) is 0 Å². The van der Waals surface area contributed by atoms with Crippen LogP contribution in [0.2, 0.25) is 5.02 Å². The Bertz CT molecular complexity index is 1030. The zero-order chi connectivity index (χ0) is 18.4. The van der Waals surface area contributed by atoms with Crippen molar-refractivity contribution in [3.05, 3.63) is 99.0 Å². The predicted octanol–water partition coefficient (Wildman–Crippen LogP) is 6.34. The van der Waals surface area contributed by atoms with Crippen LogP contribution in [0, 0.1) is 0 Å². The molecule has 5 rings (SSSR count). The Balaban J connectivity index is 1.60. The van der Waals surface area contributed by atoms with Crippen molar-refractivity contribution in [3.8, 4) is 5.75 Å². The minimum absolute atomic E-state index is 0.151. The molecular formula is C22H16BrClN2O. The van der Waals surface area contributed by atoms with Crippen molar-refractivity contribution in [1.29, 1.82) is 0 Å². The Morgan fingerprint density at radius 1 is 1.00 bits per heavy atom. The second-order valence-electron chi connectivity index (χ2n) is 6.72. The van der Waals surface area contributed by atoms with Crippen LogP contribution in [0.3, 0.4) is 0 Å². The van der Waals surface area contributed by atoms with Gasteiger partial charge in [0.1, 0.15) is 5.75 Å². The lowest BCUT2D eigenvalue weighted by atomic mass is 9.96. The van der Waals surface area contributed by atoms with Gasteiger partial charge in [-0.3, -0.25) is 0 Å². The van der Waals surface area contributed by atoms with E-state index in [9.17, 15) is 0 Å². The lowest BCUT2D eigenvalue weighted by Gasteiger charge is -2.38. The molecule has 0 spiro atoms. The highest BCUT2D eigenvalue weighted by Crippen LogP contribution is 2.47. The van der Waals surface area contributed by atoms with Crippen LogP contribution in [0.15, 0.2) is 82.4 Å². The fourth-order valence-electron chi connectivity index (χ4n) is 3.73. The minimum Gasteiger partial charge on any atom is -0.464 e. The number of nitrogens with zero attached hydrogens (tertiary/aromatic N) is 2. The Kier molecular flexibility index (Phi) is 4.18. The number of halogens is 2. The normalized spacial score (nSPS) is 20.5. The highest BCUT2D eigenvalue weighted by molar-refractivity contribution is 9.10. The van der Waals surface area contributed by atoms with E-state index in [1.165, 1.54) is 5.56 Å². The number of hydrogen-bond donors (Lipinski definition) is 0. The molecule has 3 aromatic rings.